The van der Waals surface area contributed by atoms with Crippen LogP contribution in [-0.2, 0) is 6.54 Å². The molecule has 1 aromatic rings. The molecule has 0 saturated carbocycles. The molecular weight excluding hydrogens is 343 g/mol. The molecule has 2 rings (SSSR count). The van der Waals surface area contributed by atoms with Crippen molar-refractivity contribution in [1.29, 1.82) is 0 Å². The zero-order valence-electron chi connectivity index (χ0n) is 17.0. The third kappa shape index (κ3) is 6.68. The molecule has 1 aliphatic heterocycles. The van der Waals surface area contributed by atoms with Gasteiger partial charge < -0.3 is 25.3 Å². The van der Waals surface area contributed by atoms with Crippen molar-refractivity contribution in [1.82, 2.24) is 4.90 Å². The van der Waals surface area contributed by atoms with Crippen molar-refractivity contribution in [2.45, 2.75) is 57.4 Å². The van der Waals surface area contributed by atoms with E-state index in [4.69, 9.17) is 25.3 Å². The molecule has 6 nitrogen and oxygen atoms in total. The summed E-state index contributed by atoms with van der Waals surface area (Å²) in [5.74, 6) is 2.04. The standard InChI is InChI=1S/C20H35BN2O4/c1-20(22,10-4-5-11-21(24)25)17-8-12-23(13-9-17)15-16-6-7-18(26-2)19(14-16)27-3/h6-7,14,17,24-25H,4-5,8-13,15,22H2,1-3H3. The highest BCUT2D eigenvalue weighted by molar-refractivity contribution is 6.40. The minimum absolute atomic E-state index is 0.185. The molecule has 1 aliphatic rings. The largest absolute Gasteiger partial charge is 0.493 e. The van der Waals surface area contributed by atoms with Gasteiger partial charge in [0, 0.05) is 12.1 Å². The fourth-order valence-electron chi connectivity index (χ4n) is 4.02. The second-order valence-electron chi connectivity index (χ2n) is 7.97. The van der Waals surface area contributed by atoms with Gasteiger partial charge in [-0.05, 0) is 69.2 Å². The Morgan fingerprint density at radius 3 is 2.41 bits per heavy atom. The van der Waals surface area contributed by atoms with E-state index in [1.165, 1.54) is 5.56 Å². The Kier molecular flexibility index (Phi) is 8.41. The Labute approximate surface area is 163 Å². The lowest BCUT2D eigenvalue weighted by Gasteiger charge is -2.40. The molecule has 0 amide bonds. The van der Waals surface area contributed by atoms with Crippen LogP contribution in [0.5, 0.6) is 11.5 Å². The topological polar surface area (TPSA) is 88.2 Å². The first-order valence-electron chi connectivity index (χ1n) is 9.94. The summed E-state index contributed by atoms with van der Waals surface area (Å²) in [6.07, 6.45) is 5.31. The maximum atomic E-state index is 8.95. The number of nitrogens with two attached hydrogens (primary N) is 1. The maximum Gasteiger partial charge on any atom is 0.451 e. The van der Waals surface area contributed by atoms with Crippen molar-refractivity contribution in [3.8, 4) is 11.5 Å². The molecule has 1 unspecified atom stereocenters. The number of rotatable bonds is 10. The van der Waals surface area contributed by atoms with Crippen LogP contribution >= 0.6 is 0 Å². The summed E-state index contributed by atoms with van der Waals surface area (Å²) in [5.41, 5.74) is 7.64. The lowest BCUT2D eigenvalue weighted by Crippen LogP contribution is -2.49. The summed E-state index contributed by atoms with van der Waals surface area (Å²) in [7, 11) is 2.11. The van der Waals surface area contributed by atoms with Gasteiger partial charge in [-0.1, -0.05) is 18.9 Å². The van der Waals surface area contributed by atoms with Crippen LogP contribution in [0.3, 0.4) is 0 Å². The number of unbranched alkanes of at least 4 members (excludes halogenated alkanes) is 1. The van der Waals surface area contributed by atoms with Gasteiger partial charge in [-0.15, -0.1) is 0 Å². The molecule has 1 aromatic carbocycles. The molecule has 152 valence electrons. The first kappa shape index (κ1) is 22.0. The van der Waals surface area contributed by atoms with Crippen molar-refractivity contribution in [2.24, 2.45) is 11.7 Å². The Morgan fingerprint density at radius 1 is 1.15 bits per heavy atom. The van der Waals surface area contributed by atoms with Gasteiger partial charge in [0.1, 0.15) is 0 Å². The van der Waals surface area contributed by atoms with E-state index in [1.54, 1.807) is 14.2 Å². The van der Waals surface area contributed by atoms with Gasteiger partial charge in [-0.3, -0.25) is 4.90 Å². The smallest absolute Gasteiger partial charge is 0.451 e. The summed E-state index contributed by atoms with van der Waals surface area (Å²) in [4.78, 5) is 2.47. The van der Waals surface area contributed by atoms with Gasteiger partial charge in [-0.25, -0.2) is 0 Å². The van der Waals surface area contributed by atoms with Crippen LogP contribution in [0, 0.1) is 5.92 Å². The van der Waals surface area contributed by atoms with Gasteiger partial charge in [0.05, 0.1) is 14.2 Å². The zero-order valence-corrected chi connectivity index (χ0v) is 17.0. The van der Waals surface area contributed by atoms with Crippen LogP contribution in [0.1, 0.15) is 44.6 Å². The number of hydrogen-bond acceptors (Lipinski definition) is 6. The number of likely N-dealkylation sites (tertiary alicyclic amines) is 1. The minimum atomic E-state index is -1.20. The number of methoxy groups -OCH3 is 2. The predicted molar refractivity (Wildman–Crippen MR) is 109 cm³/mol. The average Bonchev–Trinajstić information content (AvgIpc) is 2.65. The summed E-state index contributed by atoms with van der Waals surface area (Å²) < 4.78 is 10.7. The van der Waals surface area contributed by atoms with E-state index in [0.717, 1.165) is 63.2 Å². The van der Waals surface area contributed by atoms with E-state index in [9.17, 15) is 0 Å². The highest BCUT2D eigenvalue weighted by Gasteiger charge is 2.32. The van der Waals surface area contributed by atoms with E-state index in [0.29, 0.717) is 12.2 Å². The fourth-order valence-corrected chi connectivity index (χ4v) is 4.02. The second kappa shape index (κ2) is 10.3. The molecule has 0 aliphatic carbocycles. The summed E-state index contributed by atoms with van der Waals surface area (Å²) in [5, 5.41) is 17.9. The van der Waals surface area contributed by atoms with E-state index < -0.39 is 7.12 Å². The molecule has 4 N–H and O–H groups in total. The van der Waals surface area contributed by atoms with Gasteiger partial charge in [-0.2, -0.15) is 0 Å². The summed E-state index contributed by atoms with van der Waals surface area (Å²) >= 11 is 0. The number of hydrogen-bond donors (Lipinski definition) is 3. The molecule has 0 bridgehead atoms. The highest BCUT2D eigenvalue weighted by atomic mass is 16.5. The molecule has 1 saturated heterocycles. The quantitative estimate of drug-likeness (QED) is 0.428. The van der Waals surface area contributed by atoms with Crippen molar-refractivity contribution >= 4 is 7.12 Å². The first-order chi connectivity index (χ1) is 12.9. The lowest BCUT2D eigenvalue weighted by atomic mass is 9.75. The molecule has 0 radical (unpaired) electrons. The van der Waals surface area contributed by atoms with Crippen LogP contribution in [0.15, 0.2) is 18.2 Å². The zero-order chi connectivity index (χ0) is 19.9. The molecule has 7 heteroatoms. The Balaban J connectivity index is 1.80. The van der Waals surface area contributed by atoms with Crippen molar-refractivity contribution in [2.75, 3.05) is 27.3 Å². The van der Waals surface area contributed by atoms with Gasteiger partial charge in [0.15, 0.2) is 11.5 Å². The molecular formula is C20H35BN2O4. The van der Waals surface area contributed by atoms with Crippen molar-refractivity contribution < 1.29 is 19.5 Å². The van der Waals surface area contributed by atoms with E-state index in [2.05, 4.69) is 17.9 Å². The highest BCUT2D eigenvalue weighted by Crippen LogP contribution is 2.32. The molecule has 0 aromatic heterocycles. The lowest BCUT2D eigenvalue weighted by molar-refractivity contribution is 0.125. The van der Waals surface area contributed by atoms with Gasteiger partial charge in [0.2, 0.25) is 0 Å². The average molecular weight is 378 g/mol. The predicted octanol–water partition coefficient (Wildman–Crippen LogP) is 2.28. The number of nitrogens with zero attached hydrogens (tertiary/aromatic N) is 1. The minimum Gasteiger partial charge on any atom is -0.493 e. The molecule has 0 spiro atoms. The van der Waals surface area contributed by atoms with Gasteiger partial charge in [0.25, 0.3) is 0 Å². The monoisotopic (exact) mass is 378 g/mol. The van der Waals surface area contributed by atoms with Crippen LogP contribution < -0.4 is 15.2 Å². The SMILES string of the molecule is COc1ccc(CN2CCC(C(C)(N)CCCCB(O)O)CC2)cc1OC. The molecule has 1 heterocycles. The molecule has 1 fully saturated rings. The Hall–Kier alpha value is -1.28. The Morgan fingerprint density at radius 2 is 1.81 bits per heavy atom. The normalized spacial score (nSPS) is 18.1. The van der Waals surface area contributed by atoms with E-state index in [1.807, 2.05) is 12.1 Å². The van der Waals surface area contributed by atoms with Crippen LogP contribution in [0.2, 0.25) is 6.32 Å². The van der Waals surface area contributed by atoms with Crippen LogP contribution in [-0.4, -0.2) is 54.9 Å². The van der Waals surface area contributed by atoms with E-state index in [-0.39, 0.29) is 5.54 Å². The summed E-state index contributed by atoms with van der Waals surface area (Å²) in [6, 6.07) is 6.10. The maximum absolute atomic E-state index is 8.95. The first-order valence-corrected chi connectivity index (χ1v) is 9.94. The third-order valence-corrected chi connectivity index (χ3v) is 5.80. The summed E-state index contributed by atoms with van der Waals surface area (Å²) in [6.45, 7) is 5.14. The molecule has 27 heavy (non-hydrogen) atoms. The van der Waals surface area contributed by atoms with Crippen molar-refractivity contribution in [3.63, 3.8) is 0 Å². The second-order valence-corrected chi connectivity index (χ2v) is 7.97. The number of piperidine rings is 1. The van der Waals surface area contributed by atoms with Crippen LogP contribution in [0.4, 0.5) is 0 Å². The molecule has 1 atom stereocenters. The van der Waals surface area contributed by atoms with Crippen molar-refractivity contribution in [3.05, 3.63) is 23.8 Å². The third-order valence-electron chi connectivity index (χ3n) is 5.80. The van der Waals surface area contributed by atoms with Gasteiger partial charge >= 0.3 is 7.12 Å². The number of ether oxygens (including phenoxy) is 2. The Bertz CT molecular complexity index is 575. The van der Waals surface area contributed by atoms with E-state index >= 15 is 0 Å². The number of benzene rings is 1. The fraction of sp³-hybridized carbons (Fsp3) is 0.700. The van der Waals surface area contributed by atoms with Crippen LogP contribution in [0.25, 0.3) is 0 Å².